The van der Waals surface area contributed by atoms with E-state index in [1.807, 2.05) is 0 Å². The van der Waals surface area contributed by atoms with Gasteiger partial charge >= 0.3 is 5.97 Å². The summed E-state index contributed by atoms with van der Waals surface area (Å²) in [6, 6.07) is 0.753. The van der Waals surface area contributed by atoms with Gasteiger partial charge < -0.3 is 42.6 Å². The summed E-state index contributed by atoms with van der Waals surface area (Å²) in [7, 11) is 0. The quantitative estimate of drug-likeness (QED) is 0.138. The normalized spacial score (nSPS) is 14.1. The molecule has 0 spiro atoms. The van der Waals surface area contributed by atoms with Gasteiger partial charge in [-0.15, -0.1) is 0 Å². The van der Waals surface area contributed by atoms with E-state index in [2.05, 4.69) is 25.9 Å². The number of H-pyrrole nitrogens is 1. The van der Waals surface area contributed by atoms with E-state index in [-0.39, 0.29) is 18.6 Å². The van der Waals surface area contributed by atoms with Crippen molar-refractivity contribution >= 4 is 29.6 Å². The number of carboxylic acids is 1. The summed E-state index contributed by atoms with van der Waals surface area (Å²) < 4.78 is 0. The van der Waals surface area contributed by atoms with Gasteiger partial charge in [0.15, 0.2) is 0 Å². The van der Waals surface area contributed by atoms with Crippen molar-refractivity contribution in [3.05, 3.63) is 48.0 Å². The SMILES string of the molecule is CC(C)C(NC(=O)C(Cc1ccc(O)cc1)NC(=O)C(CC(N)=O)NC(=O)C(N)Cc1cnc[nH]1)C(=O)O. The predicted molar refractivity (Wildman–Crippen MR) is 134 cm³/mol. The number of nitrogens with two attached hydrogens (primary N) is 2. The first kappa shape index (κ1) is 29.8. The van der Waals surface area contributed by atoms with E-state index in [0.717, 1.165) is 0 Å². The second-order valence-electron chi connectivity index (χ2n) is 9.12. The lowest BCUT2D eigenvalue weighted by molar-refractivity contribution is -0.143. The van der Waals surface area contributed by atoms with Gasteiger partial charge in [0.1, 0.15) is 23.9 Å². The van der Waals surface area contributed by atoms with Crippen molar-refractivity contribution < 1.29 is 34.2 Å². The number of phenolic OH excluding ortho intramolecular Hbond substituents is 1. The van der Waals surface area contributed by atoms with Gasteiger partial charge in [0.25, 0.3) is 0 Å². The van der Waals surface area contributed by atoms with Crippen LogP contribution in [0.5, 0.6) is 5.75 Å². The van der Waals surface area contributed by atoms with Gasteiger partial charge in [0.05, 0.1) is 18.8 Å². The molecule has 206 valence electrons. The number of aromatic hydroxyl groups is 1. The lowest BCUT2D eigenvalue weighted by atomic mass is 10.0. The molecule has 0 saturated heterocycles. The molecule has 0 fully saturated rings. The number of aromatic nitrogens is 2. The van der Waals surface area contributed by atoms with Crippen molar-refractivity contribution in [2.75, 3.05) is 0 Å². The third kappa shape index (κ3) is 9.20. The van der Waals surface area contributed by atoms with E-state index < -0.39 is 66.1 Å². The Morgan fingerprint density at radius 1 is 0.947 bits per heavy atom. The molecule has 0 aliphatic rings. The number of hydrogen-bond donors (Lipinski definition) is 8. The molecule has 0 radical (unpaired) electrons. The zero-order valence-electron chi connectivity index (χ0n) is 21.0. The standard InChI is InChI=1S/C24H33N7O7/c1-12(2)20(24(37)38)31-23(36)17(7-13-3-5-15(32)6-4-13)30-22(35)18(9-19(26)33)29-21(34)16(25)8-14-10-27-11-28-14/h3-6,10-12,16-18,20,32H,7-9,25H2,1-2H3,(H2,26,33)(H,27,28)(H,29,34)(H,30,35)(H,31,36)(H,37,38). The predicted octanol–water partition coefficient (Wildman–Crippen LogP) is -1.70. The molecule has 2 rings (SSSR count). The first-order chi connectivity index (χ1) is 17.9. The minimum Gasteiger partial charge on any atom is -0.508 e. The summed E-state index contributed by atoms with van der Waals surface area (Å²) in [5.74, 6) is -5.06. The van der Waals surface area contributed by atoms with E-state index in [1.165, 1.54) is 36.8 Å². The fourth-order valence-corrected chi connectivity index (χ4v) is 3.53. The van der Waals surface area contributed by atoms with Gasteiger partial charge in [-0.1, -0.05) is 26.0 Å². The molecule has 14 nitrogen and oxygen atoms in total. The van der Waals surface area contributed by atoms with Gasteiger partial charge in [0.2, 0.25) is 23.6 Å². The second kappa shape index (κ2) is 13.7. The Balaban J connectivity index is 2.22. The Kier molecular flexibility index (Phi) is 10.8. The molecule has 1 aromatic carbocycles. The molecule has 0 bridgehead atoms. The number of nitrogens with zero attached hydrogens (tertiary/aromatic N) is 1. The van der Waals surface area contributed by atoms with Crippen molar-refractivity contribution in [3.8, 4) is 5.75 Å². The highest BCUT2D eigenvalue weighted by Crippen LogP contribution is 2.12. The summed E-state index contributed by atoms with van der Waals surface area (Å²) in [6.45, 7) is 3.22. The van der Waals surface area contributed by atoms with Crippen LogP contribution < -0.4 is 27.4 Å². The molecule has 14 heteroatoms. The largest absolute Gasteiger partial charge is 0.508 e. The molecule has 38 heavy (non-hydrogen) atoms. The summed E-state index contributed by atoms with van der Waals surface area (Å²) in [5.41, 5.74) is 12.3. The number of rotatable bonds is 14. The molecule has 4 amide bonds. The van der Waals surface area contributed by atoms with E-state index in [1.54, 1.807) is 13.8 Å². The maximum atomic E-state index is 13.1. The third-order valence-electron chi connectivity index (χ3n) is 5.61. The lowest BCUT2D eigenvalue weighted by Crippen LogP contribution is -2.58. The molecule has 10 N–H and O–H groups in total. The summed E-state index contributed by atoms with van der Waals surface area (Å²) in [5, 5.41) is 26.3. The Hall–Kier alpha value is -4.46. The third-order valence-corrected chi connectivity index (χ3v) is 5.61. The average Bonchev–Trinajstić information content (AvgIpc) is 3.35. The number of nitrogens with one attached hydrogen (secondary N) is 4. The zero-order chi connectivity index (χ0) is 28.4. The van der Waals surface area contributed by atoms with E-state index >= 15 is 0 Å². The second-order valence-corrected chi connectivity index (χ2v) is 9.12. The first-order valence-electron chi connectivity index (χ1n) is 11.8. The average molecular weight is 532 g/mol. The van der Waals surface area contributed by atoms with E-state index in [9.17, 15) is 34.2 Å². The Morgan fingerprint density at radius 2 is 1.55 bits per heavy atom. The van der Waals surface area contributed by atoms with Crippen LogP contribution in [0.4, 0.5) is 0 Å². The smallest absolute Gasteiger partial charge is 0.326 e. The minimum absolute atomic E-state index is 0.0137. The van der Waals surface area contributed by atoms with Crippen LogP contribution in [0.2, 0.25) is 0 Å². The molecule has 1 heterocycles. The van der Waals surface area contributed by atoms with Crippen molar-refractivity contribution in [3.63, 3.8) is 0 Å². The molecule has 0 aliphatic heterocycles. The van der Waals surface area contributed by atoms with Gasteiger partial charge in [-0.2, -0.15) is 0 Å². The van der Waals surface area contributed by atoms with Crippen LogP contribution in [-0.2, 0) is 36.8 Å². The number of amides is 4. The minimum atomic E-state index is -1.46. The zero-order valence-corrected chi connectivity index (χ0v) is 21.0. The Morgan fingerprint density at radius 3 is 2.08 bits per heavy atom. The molecular formula is C24H33N7O7. The van der Waals surface area contributed by atoms with E-state index in [4.69, 9.17) is 11.5 Å². The van der Waals surface area contributed by atoms with Crippen molar-refractivity contribution in [2.45, 2.75) is 57.3 Å². The van der Waals surface area contributed by atoms with Crippen LogP contribution in [-0.4, -0.2) is 73.9 Å². The van der Waals surface area contributed by atoms with Crippen molar-refractivity contribution in [2.24, 2.45) is 17.4 Å². The summed E-state index contributed by atoms with van der Waals surface area (Å²) in [6.07, 6.45) is 2.31. The highest BCUT2D eigenvalue weighted by Gasteiger charge is 2.32. The lowest BCUT2D eigenvalue weighted by Gasteiger charge is -2.26. The van der Waals surface area contributed by atoms with Gasteiger partial charge in [-0.05, 0) is 23.6 Å². The summed E-state index contributed by atoms with van der Waals surface area (Å²) >= 11 is 0. The number of benzene rings is 1. The highest BCUT2D eigenvalue weighted by molar-refractivity contribution is 5.96. The number of carboxylic acid groups (broad SMARTS) is 1. The van der Waals surface area contributed by atoms with Crippen LogP contribution in [0.25, 0.3) is 0 Å². The highest BCUT2D eigenvalue weighted by atomic mass is 16.4. The number of aliphatic carboxylic acids is 1. The maximum absolute atomic E-state index is 13.1. The van der Waals surface area contributed by atoms with Crippen LogP contribution >= 0.6 is 0 Å². The molecule has 1 aromatic heterocycles. The van der Waals surface area contributed by atoms with Crippen molar-refractivity contribution in [1.29, 1.82) is 0 Å². The van der Waals surface area contributed by atoms with Crippen LogP contribution in [0, 0.1) is 5.92 Å². The fourth-order valence-electron chi connectivity index (χ4n) is 3.53. The van der Waals surface area contributed by atoms with Crippen molar-refractivity contribution in [1.82, 2.24) is 25.9 Å². The van der Waals surface area contributed by atoms with Gasteiger partial charge in [0, 0.05) is 24.7 Å². The van der Waals surface area contributed by atoms with Gasteiger partial charge in [-0.25, -0.2) is 9.78 Å². The van der Waals surface area contributed by atoms with Gasteiger partial charge in [-0.3, -0.25) is 19.2 Å². The van der Waals surface area contributed by atoms with E-state index in [0.29, 0.717) is 11.3 Å². The molecule has 0 saturated carbocycles. The van der Waals surface area contributed by atoms with Crippen LogP contribution in [0.1, 0.15) is 31.5 Å². The molecule has 4 atom stereocenters. The molecule has 4 unspecified atom stereocenters. The Bertz CT molecular complexity index is 1120. The molecular weight excluding hydrogens is 498 g/mol. The number of phenols is 1. The Labute approximate surface area is 218 Å². The number of primary amides is 1. The number of carbonyl (C=O) groups excluding carboxylic acids is 4. The fraction of sp³-hybridized carbons (Fsp3) is 0.417. The summed E-state index contributed by atoms with van der Waals surface area (Å²) in [4.78, 5) is 68.7. The maximum Gasteiger partial charge on any atom is 0.326 e. The molecule has 2 aromatic rings. The van der Waals surface area contributed by atoms with Crippen LogP contribution in [0.15, 0.2) is 36.8 Å². The molecule has 0 aliphatic carbocycles. The first-order valence-corrected chi connectivity index (χ1v) is 11.8. The monoisotopic (exact) mass is 531 g/mol. The number of aromatic amines is 1. The number of hydrogen-bond acceptors (Lipinski definition) is 8. The topological polar surface area (TPSA) is 243 Å². The number of carbonyl (C=O) groups is 5. The number of imidazole rings is 1. The van der Waals surface area contributed by atoms with Crippen LogP contribution in [0.3, 0.4) is 0 Å².